The number of halogens is 3. The van der Waals surface area contributed by atoms with Crippen LogP contribution in [0.2, 0.25) is 0 Å². The monoisotopic (exact) mass is 446 g/mol. The van der Waals surface area contributed by atoms with E-state index in [4.69, 9.17) is 0 Å². The molecule has 4 rings (SSSR count). The van der Waals surface area contributed by atoms with Gasteiger partial charge in [-0.3, -0.25) is 15.1 Å². The van der Waals surface area contributed by atoms with E-state index < -0.39 is 24.4 Å². The molecule has 2 aliphatic rings. The number of para-hydroxylation sites is 1. The van der Waals surface area contributed by atoms with Gasteiger partial charge in [0.05, 0.1) is 18.6 Å². The molecule has 0 spiro atoms. The molecule has 0 saturated heterocycles. The summed E-state index contributed by atoms with van der Waals surface area (Å²) < 4.78 is 38.0. The van der Waals surface area contributed by atoms with Gasteiger partial charge >= 0.3 is 6.18 Å². The lowest BCUT2D eigenvalue weighted by molar-refractivity contribution is -0.147. The molecule has 2 heterocycles. The Labute approximate surface area is 183 Å². The van der Waals surface area contributed by atoms with Gasteiger partial charge < -0.3 is 15.7 Å². The lowest BCUT2D eigenvalue weighted by Crippen LogP contribution is -2.53. The zero-order chi connectivity index (χ0) is 22.9. The van der Waals surface area contributed by atoms with Gasteiger partial charge in [-0.2, -0.15) is 13.2 Å². The van der Waals surface area contributed by atoms with E-state index in [1.54, 1.807) is 12.4 Å². The normalized spacial score (nSPS) is 25.2. The van der Waals surface area contributed by atoms with E-state index in [0.717, 1.165) is 11.3 Å². The van der Waals surface area contributed by atoms with Crippen molar-refractivity contribution in [3.05, 3.63) is 71.7 Å². The SMILES string of the molecule is C[C@@](O)(NCC(F)(F)F)C1CC(=O)C2=C(C1)NC(c1ccncc1)C2Nc1ccccc1. The highest BCUT2D eigenvalue weighted by molar-refractivity contribution is 5.99. The summed E-state index contributed by atoms with van der Waals surface area (Å²) in [6, 6.07) is 12.6. The molecule has 4 N–H and O–H groups in total. The molecular weight excluding hydrogens is 421 g/mol. The van der Waals surface area contributed by atoms with Gasteiger partial charge in [0.1, 0.15) is 5.72 Å². The van der Waals surface area contributed by atoms with Crippen molar-refractivity contribution in [1.82, 2.24) is 15.6 Å². The first-order valence-electron chi connectivity index (χ1n) is 10.4. The fourth-order valence-electron chi connectivity index (χ4n) is 4.40. The summed E-state index contributed by atoms with van der Waals surface area (Å²) in [5, 5.41) is 19.7. The van der Waals surface area contributed by atoms with Gasteiger partial charge in [0.2, 0.25) is 0 Å². The third kappa shape index (κ3) is 4.78. The van der Waals surface area contributed by atoms with Crippen molar-refractivity contribution in [2.45, 2.75) is 43.8 Å². The second-order valence-corrected chi connectivity index (χ2v) is 8.43. The summed E-state index contributed by atoms with van der Waals surface area (Å²) in [5.74, 6) is -0.889. The summed E-state index contributed by atoms with van der Waals surface area (Å²) in [5.41, 5.74) is 1.16. The summed E-state index contributed by atoms with van der Waals surface area (Å²) in [6.45, 7) is -0.0426. The summed E-state index contributed by atoms with van der Waals surface area (Å²) in [6.07, 6.45) is -0.910. The van der Waals surface area contributed by atoms with Crippen molar-refractivity contribution < 1.29 is 23.1 Å². The van der Waals surface area contributed by atoms with Crippen molar-refractivity contribution in [2.75, 3.05) is 11.9 Å². The molecule has 4 atom stereocenters. The van der Waals surface area contributed by atoms with Crippen LogP contribution in [0.5, 0.6) is 0 Å². The number of hydrogen-bond acceptors (Lipinski definition) is 6. The van der Waals surface area contributed by atoms with Crippen LogP contribution in [-0.4, -0.2) is 40.4 Å². The van der Waals surface area contributed by atoms with E-state index in [1.165, 1.54) is 6.92 Å². The maximum absolute atomic E-state index is 13.2. The number of rotatable bonds is 6. The van der Waals surface area contributed by atoms with E-state index in [0.29, 0.717) is 11.3 Å². The first-order chi connectivity index (χ1) is 15.1. The Bertz CT molecular complexity index is 993. The molecule has 3 unspecified atom stereocenters. The van der Waals surface area contributed by atoms with E-state index in [9.17, 15) is 23.1 Å². The Morgan fingerprint density at radius 1 is 1.12 bits per heavy atom. The fourth-order valence-corrected chi connectivity index (χ4v) is 4.40. The molecule has 1 aromatic carbocycles. The van der Waals surface area contributed by atoms with E-state index in [-0.39, 0.29) is 30.7 Å². The van der Waals surface area contributed by atoms with Crippen molar-refractivity contribution in [3.63, 3.8) is 0 Å². The average molecular weight is 446 g/mol. The quantitative estimate of drug-likeness (QED) is 0.510. The Hall–Kier alpha value is -2.91. The standard InChI is InChI=1S/C23H25F3N4O2/c1-22(32,28-13-23(24,25)26)15-11-17-19(18(31)12-15)21(29-16-5-3-2-4-6-16)20(30-17)14-7-9-27-10-8-14/h2-10,15,20-21,28-30,32H,11-13H2,1H3/t15?,20?,21?,22-/m0/s1. The highest BCUT2D eigenvalue weighted by atomic mass is 19.4. The van der Waals surface area contributed by atoms with E-state index in [1.807, 2.05) is 42.5 Å². The second kappa shape index (κ2) is 8.55. The van der Waals surface area contributed by atoms with Crippen LogP contribution in [-0.2, 0) is 4.79 Å². The lowest BCUT2D eigenvalue weighted by Gasteiger charge is -2.36. The topological polar surface area (TPSA) is 86.3 Å². The van der Waals surface area contributed by atoms with Crippen molar-refractivity contribution in [1.29, 1.82) is 0 Å². The minimum Gasteiger partial charge on any atom is -0.379 e. The predicted octanol–water partition coefficient (Wildman–Crippen LogP) is 3.30. The predicted molar refractivity (Wildman–Crippen MR) is 113 cm³/mol. The third-order valence-corrected chi connectivity index (χ3v) is 6.08. The molecule has 1 aliphatic heterocycles. The number of allylic oxidation sites excluding steroid dienone is 1. The van der Waals surface area contributed by atoms with Crippen molar-refractivity contribution in [2.24, 2.45) is 5.92 Å². The maximum Gasteiger partial charge on any atom is 0.401 e. The summed E-state index contributed by atoms with van der Waals surface area (Å²) >= 11 is 0. The minimum absolute atomic E-state index is 0.0472. The van der Waals surface area contributed by atoms with Crippen LogP contribution >= 0.6 is 0 Å². The summed E-state index contributed by atoms with van der Waals surface area (Å²) in [4.78, 5) is 17.3. The first kappa shape index (κ1) is 22.3. The molecule has 0 fully saturated rings. The number of Topliss-reactive ketones (excluding diaryl/α,β-unsaturated/α-hetero) is 1. The van der Waals surface area contributed by atoms with Crippen molar-refractivity contribution >= 4 is 11.5 Å². The van der Waals surface area contributed by atoms with Crippen LogP contribution < -0.4 is 16.0 Å². The Balaban J connectivity index is 1.61. The van der Waals surface area contributed by atoms with Gasteiger partial charge in [-0.25, -0.2) is 0 Å². The maximum atomic E-state index is 13.2. The zero-order valence-electron chi connectivity index (χ0n) is 17.5. The van der Waals surface area contributed by atoms with Crippen LogP contribution in [0.15, 0.2) is 66.1 Å². The van der Waals surface area contributed by atoms with Gasteiger partial charge in [-0.15, -0.1) is 0 Å². The number of aliphatic hydroxyl groups is 1. The van der Waals surface area contributed by atoms with E-state index >= 15 is 0 Å². The summed E-state index contributed by atoms with van der Waals surface area (Å²) in [7, 11) is 0. The smallest absolute Gasteiger partial charge is 0.379 e. The number of nitrogens with zero attached hydrogens (tertiary/aromatic N) is 1. The fraction of sp³-hybridized carbons (Fsp3) is 0.391. The first-order valence-corrected chi connectivity index (χ1v) is 10.4. The van der Waals surface area contributed by atoms with Crippen LogP contribution in [0.4, 0.5) is 18.9 Å². The molecule has 0 saturated carbocycles. The van der Waals surface area contributed by atoms with Gasteiger partial charge in [0, 0.05) is 41.7 Å². The number of benzene rings is 1. The van der Waals surface area contributed by atoms with E-state index in [2.05, 4.69) is 20.9 Å². The Morgan fingerprint density at radius 2 is 1.81 bits per heavy atom. The number of hydrogen-bond donors (Lipinski definition) is 4. The number of ketones is 1. The lowest BCUT2D eigenvalue weighted by atomic mass is 9.79. The van der Waals surface area contributed by atoms with Crippen LogP contribution in [0.25, 0.3) is 0 Å². The molecule has 32 heavy (non-hydrogen) atoms. The number of alkyl halides is 3. The molecule has 0 amide bonds. The molecule has 0 radical (unpaired) electrons. The van der Waals surface area contributed by atoms with Gasteiger partial charge in [0.15, 0.2) is 5.78 Å². The average Bonchev–Trinajstić information content (AvgIpc) is 3.12. The molecule has 1 aliphatic carbocycles. The number of anilines is 1. The van der Waals surface area contributed by atoms with Crippen LogP contribution in [0.1, 0.15) is 31.4 Å². The molecule has 1 aromatic heterocycles. The largest absolute Gasteiger partial charge is 0.401 e. The second-order valence-electron chi connectivity index (χ2n) is 8.43. The van der Waals surface area contributed by atoms with Gasteiger partial charge in [-0.05, 0) is 43.2 Å². The molecule has 9 heteroatoms. The minimum atomic E-state index is -4.46. The van der Waals surface area contributed by atoms with Crippen LogP contribution in [0, 0.1) is 5.92 Å². The van der Waals surface area contributed by atoms with Crippen LogP contribution in [0.3, 0.4) is 0 Å². The number of nitrogens with one attached hydrogen (secondary N) is 3. The zero-order valence-corrected chi connectivity index (χ0v) is 17.5. The number of carbonyl (C=O) groups is 1. The number of carbonyl (C=O) groups excluding carboxylic acids is 1. The Kier molecular flexibility index (Phi) is 5.96. The van der Waals surface area contributed by atoms with Gasteiger partial charge in [0.25, 0.3) is 0 Å². The molecule has 2 aromatic rings. The van der Waals surface area contributed by atoms with Crippen molar-refractivity contribution in [3.8, 4) is 0 Å². The molecule has 0 bridgehead atoms. The molecular formula is C23H25F3N4O2. The highest BCUT2D eigenvalue weighted by Crippen LogP contribution is 2.42. The Morgan fingerprint density at radius 3 is 2.47 bits per heavy atom. The molecule has 170 valence electrons. The third-order valence-electron chi connectivity index (χ3n) is 6.08. The number of pyridine rings is 1. The number of aromatic nitrogens is 1. The van der Waals surface area contributed by atoms with Gasteiger partial charge in [-0.1, -0.05) is 18.2 Å². The highest BCUT2D eigenvalue weighted by Gasteiger charge is 2.47. The molecule has 6 nitrogen and oxygen atoms in total.